The minimum Gasteiger partial charge on any atom is -0.309 e. The Bertz CT molecular complexity index is 3560. The number of para-hydroxylation sites is 3. The van der Waals surface area contributed by atoms with Crippen molar-refractivity contribution in [1.29, 1.82) is 0 Å². The molecule has 1 aliphatic heterocycles. The Balaban J connectivity index is 0.990. The highest BCUT2D eigenvalue weighted by Gasteiger charge is 2.50. The molecule has 0 amide bonds. The number of hydrogen-bond acceptors (Lipinski definition) is 2. The quantitative estimate of drug-likeness (QED) is 0.179. The van der Waals surface area contributed by atoms with Crippen molar-refractivity contribution in [2.24, 2.45) is 0 Å². The van der Waals surface area contributed by atoms with Gasteiger partial charge < -0.3 is 4.57 Å². The zero-order valence-electron chi connectivity index (χ0n) is 32.5. The standard InChI is InChI=1S/C57H35N3/c1-2-15-37(16-3-1)51-35-52(41-29-28-36-14-4-5-17-38(36)32-41)59-56(58-51)42-19-12-18-39(33-42)40-30-31-48-46(34-40)43-20-6-8-23-47(43)57(48)49-24-9-11-27-54(49)60-53-26-10-7-21-44(53)45-22-13-25-50(57)55(45)60/h1-35H. The first kappa shape index (κ1) is 33.1. The SMILES string of the molecule is c1ccc(-c2cc(-c3ccc4ccccc4c3)nc(-c3cccc(-c4ccc5c(c4)-c4ccccc4C54c5ccccc5-n5c6ccccc6c6cccc4c65)c3)n2)cc1. The Hall–Kier alpha value is -7.88. The van der Waals surface area contributed by atoms with E-state index in [2.05, 4.69) is 211 Å². The van der Waals surface area contributed by atoms with Gasteiger partial charge >= 0.3 is 0 Å². The van der Waals surface area contributed by atoms with E-state index >= 15 is 0 Å². The third kappa shape index (κ3) is 4.60. The number of nitrogens with zero attached hydrogens (tertiary/aromatic N) is 3. The van der Waals surface area contributed by atoms with E-state index in [4.69, 9.17) is 9.97 Å². The second kappa shape index (κ2) is 12.6. The van der Waals surface area contributed by atoms with Crippen LogP contribution in [0.3, 0.4) is 0 Å². The van der Waals surface area contributed by atoms with Gasteiger partial charge in [0.2, 0.25) is 0 Å². The van der Waals surface area contributed by atoms with Crippen LogP contribution in [0.25, 0.3) is 94.4 Å². The van der Waals surface area contributed by atoms with Crippen LogP contribution < -0.4 is 0 Å². The van der Waals surface area contributed by atoms with Crippen molar-refractivity contribution >= 4 is 32.6 Å². The topological polar surface area (TPSA) is 30.7 Å². The Kier molecular flexibility index (Phi) is 6.93. The summed E-state index contributed by atoms with van der Waals surface area (Å²) in [5.74, 6) is 0.703. The number of benzene rings is 9. The van der Waals surface area contributed by atoms with Crippen molar-refractivity contribution < 1.29 is 0 Å². The normalized spacial score (nSPS) is 14.7. The minimum absolute atomic E-state index is 0.475. The van der Waals surface area contributed by atoms with E-state index in [0.717, 1.165) is 39.2 Å². The molecule has 0 saturated heterocycles. The average molecular weight is 762 g/mol. The van der Waals surface area contributed by atoms with Gasteiger partial charge in [-0.2, -0.15) is 0 Å². The van der Waals surface area contributed by atoms with E-state index < -0.39 is 5.41 Å². The summed E-state index contributed by atoms with van der Waals surface area (Å²) in [6.45, 7) is 0. The van der Waals surface area contributed by atoms with Crippen LogP contribution in [0, 0.1) is 0 Å². The molecule has 2 aromatic heterocycles. The second-order valence-electron chi connectivity index (χ2n) is 16.1. The molecule has 0 radical (unpaired) electrons. The Morgan fingerprint density at radius 1 is 0.350 bits per heavy atom. The summed E-state index contributed by atoms with van der Waals surface area (Å²) in [5, 5.41) is 4.97. The summed E-state index contributed by atoms with van der Waals surface area (Å²) >= 11 is 0. The first-order chi connectivity index (χ1) is 29.7. The molecule has 3 nitrogen and oxygen atoms in total. The fraction of sp³-hybridized carbons (Fsp3) is 0.0175. The van der Waals surface area contributed by atoms with Crippen molar-refractivity contribution in [3.05, 3.63) is 235 Å². The molecule has 278 valence electrons. The first-order valence-corrected chi connectivity index (χ1v) is 20.7. The lowest BCUT2D eigenvalue weighted by Gasteiger charge is -2.39. The molecule has 1 aliphatic carbocycles. The number of hydrogen-bond donors (Lipinski definition) is 0. The molecule has 0 fully saturated rings. The molecule has 9 aromatic carbocycles. The molecule has 1 atom stereocenters. The van der Waals surface area contributed by atoms with E-state index in [1.807, 2.05) is 6.07 Å². The molecule has 1 spiro atoms. The Labute approximate surface area is 347 Å². The van der Waals surface area contributed by atoms with Crippen LogP contribution in [-0.2, 0) is 5.41 Å². The van der Waals surface area contributed by atoms with Crippen molar-refractivity contribution in [3.8, 4) is 61.8 Å². The molecule has 60 heavy (non-hydrogen) atoms. The molecule has 0 bridgehead atoms. The fourth-order valence-electron chi connectivity index (χ4n) is 10.4. The van der Waals surface area contributed by atoms with Crippen LogP contribution in [0.1, 0.15) is 22.3 Å². The third-order valence-electron chi connectivity index (χ3n) is 13.0. The lowest BCUT2D eigenvalue weighted by atomic mass is 9.65. The highest BCUT2D eigenvalue weighted by atomic mass is 15.0. The molecular formula is C57H35N3. The van der Waals surface area contributed by atoms with E-state index in [-0.39, 0.29) is 0 Å². The fourth-order valence-corrected chi connectivity index (χ4v) is 10.4. The Morgan fingerprint density at radius 2 is 0.983 bits per heavy atom. The van der Waals surface area contributed by atoms with Crippen LogP contribution in [-0.4, -0.2) is 14.5 Å². The predicted octanol–water partition coefficient (Wildman–Crippen LogP) is 14.1. The summed E-state index contributed by atoms with van der Waals surface area (Å²) in [6.07, 6.45) is 0. The lowest BCUT2D eigenvalue weighted by Crippen LogP contribution is -2.33. The molecule has 0 N–H and O–H groups in total. The monoisotopic (exact) mass is 761 g/mol. The summed E-state index contributed by atoms with van der Waals surface area (Å²) in [6, 6.07) is 77.3. The summed E-state index contributed by atoms with van der Waals surface area (Å²) in [4.78, 5) is 10.4. The minimum atomic E-state index is -0.475. The van der Waals surface area contributed by atoms with Crippen LogP contribution in [0.5, 0.6) is 0 Å². The van der Waals surface area contributed by atoms with Crippen LogP contribution >= 0.6 is 0 Å². The molecule has 13 rings (SSSR count). The molecule has 11 aromatic rings. The second-order valence-corrected chi connectivity index (χ2v) is 16.1. The smallest absolute Gasteiger partial charge is 0.160 e. The van der Waals surface area contributed by atoms with Crippen molar-refractivity contribution in [2.45, 2.75) is 5.41 Å². The van der Waals surface area contributed by atoms with Gasteiger partial charge in [0.05, 0.1) is 33.5 Å². The number of rotatable bonds is 4. The van der Waals surface area contributed by atoms with E-state index in [1.165, 1.54) is 71.6 Å². The van der Waals surface area contributed by atoms with Gasteiger partial charge in [0.15, 0.2) is 5.82 Å². The summed E-state index contributed by atoms with van der Waals surface area (Å²) < 4.78 is 2.50. The molecule has 2 aliphatic rings. The van der Waals surface area contributed by atoms with Crippen molar-refractivity contribution in [1.82, 2.24) is 14.5 Å². The van der Waals surface area contributed by atoms with Gasteiger partial charge in [-0.05, 0) is 91.7 Å². The van der Waals surface area contributed by atoms with Gasteiger partial charge in [0.1, 0.15) is 0 Å². The van der Waals surface area contributed by atoms with Crippen LogP contribution in [0.2, 0.25) is 0 Å². The molecule has 3 heteroatoms. The number of fused-ring (bicyclic) bond motifs is 13. The highest BCUT2D eigenvalue weighted by Crippen LogP contribution is 2.61. The molecule has 0 saturated carbocycles. The maximum absolute atomic E-state index is 5.25. The van der Waals surface area contributed by atoms with Gasteiger partial charge in [0.25, 0.3) is 0 Å². The van der Waals surface area contributed by atoms with Crippen molar-refractivity contribution in [3.63, 3.8) is 0 Å². The molecule has 3 heterocycles. The van der Waals surface area contributed by atoms with Gasteiger partial charge in [-0.1, -0.05) is 176 Å². The number of aromatic nitrogens is 3. The summed E-state index contributed by atoms with van der Waals surface area (Å²) in [7, 11) is 0. The highest BCUT2D eigenvalue weighted by molar-refractivity contribution is 6.13. The van der Waals surface area contributed by atoms with Gasteiger partial charge in [-0.3, -0.25) is 0 Å². The Morgan fingerprint density at radius 3 is 1.90 bits per heavy atom. The van der Waals surface area contributed by atoms with Crippen LogP contribution in [0.4, 0.5) is 0 Å². The molecular weight excluding hydrogens is 727 g/mol. The summed E-state index contributed by atoms with van der Waals surface area (Å²) in [5.41, 5.74) is 18.3. The zero-order valence-corrected chi connectivity index (χ0v) is 32.5. The maximum atomic E-state index is 5.25. The first-order valence-electron chi connectivity index (χ1n) is 20.7. The molecule has 1 unspecified atom stereocenters. The zero-order chi connectivity index (χ0) is 39.4. The maximum Gasteiger partial charge on any atom is 0.160 e. The van der Waals surface area contributed by atoms with E-state index in [9.17, 15) is 0 Å². The predicted molar refractivity (Wildman–Crippen MR) is 246 cm³/mol. The average Bonchev–Trinajstić information content (AvgIpc) is 3.82. The van der Waals surface area contributed by atoms with Crippen LogP contribution in [0.15, 0.2) is 212 Å². The van der Waals surface area contributed by atoms with Gasteiger partial charge in [-0.15, -0.1) is 0 Å². The van der Waals surface area contributed by atoms with Gasteiger partial charge in [0, 0.05) is 27.5 Å². The van der Waals surface area contributed by atoms with E-state index in [0.29, 0.717) is 5.82 Å². The third-order valence-corrected chi connectivity index (χ3v) is 13.0. The van der Waals surface area contributed by atoms with Gasteiger partial charge in [-0.25, -0.2) is 9.97 Å². The van der Waals surface area contributed by atoms with Crippen molar-refractivity contribution in [2.75, 3.05) is 0 Å². The van der Waals surface area contributed by atoms with E-state index in [1.54, 1.807) is 0 Å². The lowest BCUT2D eigenvalue weighted by molar-refractivity contribution is 0.748. The largest absolute Gasteiger partial charge is 0.309 e.